The lowest BCUT2D eigenvalue weighted by Gasteiger charge is -2.38. The number of pyridine rings is 1. The third-order valence-corrected chi connectivity index (χ3v) is 4.51. The Kier molecular flexibility index (Phi) is 5.13. The molecular formula is C17H26N4O2. The highest BCUT2D eigenvalue weighted by atomic mass is 16.5. The Morgan fingerprint density at radius 3 is 2.87 bits per heavy atom. The minimum absolute atomic E-state index is 0.0187. The summed E-state index contributed by atoms with van der Waals surface area (Å²) in [5, 5.41) is 2.95. The number of morpholine rings is 1. The minimum Gasteiger partial charge on any atom is -0.373 e. The lowest BCUT2D eigenvalue weighted by molar-refractivity contribution is -0.0712. The molecule has 0 bridgehead atoms. The molecule has 2 saturated heterocycles. The predicted molar refractivity (Wildman–Crippen MR) is 89.4 cm³/mol. The maximum Gasteiger partial charge on any atom is 0.322 e. The van der Waals surface area contributed by atoms with Gasteiger partial charge in [-0.25, -0.2) is 4.79 Å². The van der Waals surface area contributed by atoms with E-state index < -0.39 is 0 Å². The third-order valence-electron chi connectivity index (χ3n) is 4.51. The summed E-state index contributed by atoms with van der Waals surface area (Å²) in [6.07, 6.45) is 6.04. The molecule has 2 amide bonds. The number of urea groups is 1. The molecule has 23 heavy (non-hydrogen) atoms. The number of anilines is 1. The van der Waals surface area contributed by atoms with Gasteiger partial charge >= 0.3 is 6.03 Å². The molecule has 3 rings (SSSR count). The zero-order chi connectivity index (χ0) is 16.2. The van der Waals surface area contributed by atoms with Crippen LogP contribution in [0.2, 0.25) is 0 Å². The Morgan fingerprint density at radius 2 is 2.17 bits per heavy atom. The zero-order valence-corrected chi connectivity index (χ0v) is 13.9. The van der Waals surface area contributed by atoms with E-state index in [4.69, 9.17) is 4.74 Å². The van der Waals surface area contributed by atoms with Crippen LogP contribution in [0.15, 0.2) is 24.5 Å². The fourth-order valence-corrected chi connectivity index (χ4v) is 3.66. The summed E-state index contributed by atoms with van der Waals surface area (Å²) in [5.74, 6) is 0. The van der Waals surface area contributed by atoms with Crippen molar-refractivity contribution in [3.8, 4) is 0 Å². The van der Waals surface area contributed by atoms with E-state index in [1.54, 1.807) is 12.4 Å². The molecule has 2 aliphatic rings. The summed E-state index contributed by atoms with van der Waals surface area (Å²) < 4.78 is 5.79. The van der Waals surface area contributed by atoms with Crippen molar-refractivity contribution >= 4 is 11.7 Å². The summed E-state index contributed by atoms with van der Waals surface area (Å²) in [5.41, 5.74) is 0.747. The number of nitrogens with zero attached hydrogens (tertiary/aromatic N) is 3. The number of ether oxygens (including phenoxy) is 1. The second-order valence-corrected chi connectivity index (χ2v) is 6.64. The van der Waals surface area contributed by atoms with Crippen LogP contribution in [0.3, 0.4) is 0 Å². The minimum atomic E-state index is -0.0187. The average molecular weight is 318 g/mol. The number of likely N-dealkylation sites (tertiary alicyclic amines) is 1. The molecule has 0 spiro atoms. The number of aromatic nitrogens is 1. The summed E-state index contributed by atoms with van der Waals surface area (Å²) in [7, 11) is 0. The van der Waals surface area contributed by atoms with Crippen molar-refractivity contribution in [3.63, 3.8) is 0 Å². The van der Waals surface area contributed by atoms with E-state index in [0.29, 0.717) is 0 Å². The van der Waals surface area contributed by atoms with Gasteiger partial charge in [-0.2, -0.15) is 0 Å². The Bertz CT molecular complexity index is 515. The van der Waals surface area contributed by atoms with Crippen molar-refractivity contribution in [2.24, 2.45) is 0 Å². The lowest BCUT2D eigenvalue weighted by atomic mass is 10.1. The fourth-order valence-electron chi connectivity index (χ4n) is 3.66. The topological polar surface area (TPSA) is 57.7 Å². The quantitative estimate of drug-likeness (QED) is 0.928. The summed E-state index contributed by atoms with van der Waals surface area (Å²) in [6.45, 7) is 7.87. The second-order valence-electron chi connectivity index (χ2n) is 6.64. The van der Waals surface area contributed by atoms with E-state index in [0.717, 1.165) is 44.7 Å². The predicted octanol–water partition coefficient (Wildman–Crippen LogP) is 2.19. The van der Waals surface area contributed by atoms with Gasteiger partial charge in [-0.15, -0.1) is 0 Å². The van der Waals surface area contributed by atoms with Gasteiger partial charge in [0.2, 0.25) is 0 Å². The van der Waals surface area contributed by atoms with E-state index in [-0.39, 0.29) is 24.3 Å². The molecule has 1 N–H and O–H groups in total. The average Bonchev–Trinajstić information content (AvgIpc) is 2.95. The zero-order valence-electron chi connectivity index (χ0n) is 13.9. The second kappa shape index (κ2) is 7.27. The van der Waals surface area contributed by atoms with Crippen molar-refractivity contribution in [2.45, 2.75) is 44.9 Å². The first-order chi connectivity index (χ1) is 11.1. The molecule has 3 atom stereocenters. The van der Waals surface area contributed by atoms with E-state index in [2.05, 4.69) is 29.0 Å². The molecule has 3 heterocycles. The van der Waals surface area contributed by atoms with Crippen LogP contribution < -0.4 is 5.32 Å². The van der Waals surface area contributed by atoms with Crippen molar-refractivity contribution < 1.29 is 9.53 Å². The number of hydrogen-bond acceptors (Lipinski definition) is 4. The summed E-state index contributed by atoms with van der Waals surface area (Å²) in [6, 6.07) is 3.95. The molecule has 1 aromatic heterocycles. The first kappa shape index (κ1) is 16.2. The smallest absolute Gasteiger partial charge is 0.322 e. The number of nitrogens with one attached hydrogen (secondary N) is 1. The standard InChI is InChI=1S/C17H26N4O2/c1-13-10-20(11-14(2)23-13)12-16-6-4-8-21(16)17(22)19-15-5-3-7-18-9-15/h3,5,7,9,13-14,16H,4,6,8,10-12H2,1-2H3,(H,19,22)/t13-,14-,16+/m1/s1. The molecule has 0 aliphatic carbocycles. The van der Waals surface area contributed by atoms with Crippen molar-refractivity contribution in [1.82, 2.24) is 14.8 Å². The van der Waals surface area contributed by atoms with Gasteiger partial charge in [-0.1, -0.05) is 0 Å². The van der Waals surface area contributed by atoms with Gasteiger partial charge in [-0.05, 0) is 38.8 Å². The first-order valence-corrected chi connectivity index (χ1v) is 8.47. The molecule has 0 aromatic carbocycles. The van der Waals surface area contributed by atoms with E-state index >= 15 is 0 Å². The molecule has 6 heteroatoms. The van der Waals surface area contributed by atoms with Gasteiger partial charge in [-0.3, -0.25) is 9.88 Å². The number of hydrogen-bond donors (Lipinski definition) is 1. The number of rotatable bonds is 3. The van der Waals surface area contributed by atoms with Crippen LogP contribution in [0.25, 0.3) is 0 Å². The Balaban J connectivity index is 1.58. The molecule has 0 saturated carbocycles. The van der Waals surface area contributed by atoms with Gasteiger partial charge in [0, 0.05) is 38.4 Å². The van der Waals surface area contributed by atoms with Crippen LogP contribution >= 0.6 is 0 Å². The number of carbonyl (C=O) groups is 1. The van der Waals surface area contributed by atoms with Gasteiger partial charge in [0.25, 0.3) is 0 Å². The fraction of sp³-hybridized carbons (Fsp3) is 0.647. The molecule has 6 nitrogen and oxygen atoms in total. The van der Waals surface area contributed by atoms with Crippen LogP contribution in [-0.2, 0) is 4.74 Å². The summed E-state index contributed by atoms with van der Waals surface area (Å²) >= 11 is 0. The largest absolute Gasteiger partial charge is 0.373 e. The van der Waals surface area contributed by atoms with Gasteiger partial charge in [0.05, 0.1) is 24.1 Å². The normalized spacial score (nSPS) is 28.8. The van der Waals surface area contributed by atoms with Gasteiger partial charge < -0.3 is 15.0 Å². The van der Waals surface area contributed by atoms with Crippen molar-refractivity contribution in [1.29, 1.82) is 0 Å². The number of amides is 2. The maximum atomic E-state index is 12.5. The highest BCUT2D eigenvalue weighted by molar-refractivity contribution is 5.89. The van der Waals surface area contributed by atoms with Crippen molar-refractivity contribution in [2.75, 3.05) is 31.5 Å². The van der Waals surface area contributed by atoms with E-state index in [1.807, 2.05) is 17.0 Å². The maximum absolute atomic E-state index is 12.5. The van der Waals surface area contributed by atoms with Crippen LogP contribution in [-0.4, -0.2) is 65.2 Å². The molecule has 0 unspecified atom stereocenters. The van der Waals surface area contributed by atoms with Crippen LogP contribution in [0, 0.1) is 0 Å². The van der Waals surface area contributed by atoms with Crippen LogP contribution in [0.5, 0.6) is 0 Å². The Labute approximate surface area is 137 Å². The third kappa shape index (κ3) is 4.20. The Morgan fingerprint density at radius 1 is 1.39 bits per heavy atom. The van der Waals surface area contributed by atoms with Crippen molar-refractivity contribution in [3.05, 3.63) is 24.5 Å². The van der Waals surface area contributed by atoms with Gasteiger partial charge in [0.15, 0.2) is 0 Å². The SMILES string of the molecule is C[C@@H]1CN(C[C@@H]2CCCN2C(=O)Nc2cccnc2)C[C@@H](C)O1. The highest BCUT2D eigenvalue weighted by Gasteiger charge is 2.32. The molecule has 0 radical (unpaired) electrons. The van der Waals surface area contributed by atoms with Crippen LogP contribution in [0.1, 0.15) is 26.7 Å². The molecule has 1 aromatic rings. The molecular weight excluding hydrogens is 292 g/mol. The molecule has 2 aliphatic heterocycles. The summed E-state index contributed by atoms with van der Waals surface area (Å²) in [4.78, 5) is 21.0. The monoisotopic (exact) mass is 318 g/mol. The molecule has 126 valence electrons. The highest BCUT2D eigenvalue weighted by Crippen LogP contribution is 2.21. The molecule has 2 fully saturated rings. The van der Waals surface area contributed by atoms with Gasteiger partial charge in [0.1, 0.15) is 0 Å². The number of carbonyl (C=O) groups excluding carboxylic acids is 1. The Hall–Kier alpha value is -1.66. The van der Waals surface area contributed by atoms with Crippen LogP contribution in [0.4, 0.5) is 10.5 Å². The van der Waals surface area contributed by atoms with E-state index in [1.165, 1.54) is 0 Å². The first-order valence-electron chi connectivity index (χ1n) is 8.47. The lowest BCUT2D eigenvalue weighted by Crippen LogP contribution is -2.51. The van der Waals surface area contributed by atoms with E-state index in [9.17, 15) is 4.79 Å².